The number of likely N-dealkylation sites (N-methyl/N-ethyl adjacent to an activating group) is 1. The largest absolute Gasteiger partial charge is 0.507 e. The molecule has 1 N–H and O–H groups in total. The molecule has 0 atom stereocenters. The summed E-state index contributed by atoms with van der Waals surface area (Å²) in [6.45, 7) is 3.74. The van der Waals surface area contributed by atoms with E-state index < -0.39 is 5.97 Å². The Morgan fingerprint density at radius 3 is 2.42 bits per heavy atom. The molecule has 0 saturated heterocycles. The number of phenolic OH excluding ortho intramolecular Hbond substituents is 1. The number of aromatic hydroxyl groups is 1. The molecule has 5 heteroatoms. The van der Waals surface area contributed by atoms with Crippen molar-refractivity contribution in [3.05, 3.63) is 64.7 Å². The molecule has 0 aliphatic rings. The van der Waals surface area contributed by atoms with Crippen LogP contribution in [0.15, 0.2) is 42.5 Å². The van der Waals surface area contributed by atoms with Gasteiger partial charge in [0.2, 0.25) is 0 Å². The first-order valence-electron chi connectivity index (χ1n) is 7.64. The number of hydrogen-bond acceptors (Lipinski definition) is 4. The third-order valence-electron chi connectivity index (χ3n) is 3.88. The number of rotatable bonds is 5. The highest BCUT2D eigenvalue weighted by atomic mass is 16.5. The summed E-state index contributed by atoms with van der Waals surface area (Å²) in [6, 6.07) is 12.6. The van der Waals surface area contributed by atoms with Crippen molar-refractivity contribution in [2.24, 2.45) is 0 Å². The fraction of sp³-hybridized carbons (Fsp3) is 0.263. The molecule has 0 fully saturated rings. The van der Waals surface area contributed by atoms with Gasteiger partial charge in [0, 0.05) is 13.6 Å². The second-order valence-corrected chi connectivity index (χ2v) is 5.72. The maximum Gasteiger partial charge on any atom is 0.342 e. The zero-order chi connectivity index (χ0) is 17.7. The molecule has 24 heavy (non-hydrogen) atoms. The van der Waals surface area contributed by atoms with Crippen molar-refractivity contribution in [3.63, 3.8) is 0 Å². The Labute approximate surface area is 141 Å². The lowest BCUT2D eigenvalue weighted by atomic mass is 10.1. The summed E-state index contributed by atoms with van der Waals surface area (Å²) in [4.78, 5) is 25.6. The van der Waals surface area contributed by atoms with Crippen LogP contribution in [0.3, 0.4) is 0 Å². The van der Waals surface area contributed by atoms with Crippen LogP contribution in [0.25, 0.3) is 0 Å². The van der Waals surface area contributed by atoms with Crippen molar-refractivity contribution in [1.29, 1.82) is 0 Å². The monoisotopic (exact) mass is 327 g/mol. The number of carbonyl (C=O) groups is 2. The fourth-order valence-electron chi connectivity index (χ4n) is 2.27. The van der Waals surface area contributed by atoms with Crippen molar-refractivity contribution < 1.29 is 19.4 Å². The van der Waals surface area contributed by atoms with E-state index >= 15 is 0 Å². The van der Waals surface area contributed by atoms with Crippen LogP contribution < -0.4 is 0 Å². The Bertz CT molecular complexity index is 755. The van der Waals surface area contributed by atoms with Crippen molar-refractivity contribution >= 4 is 11.9 Å². The topological polar surface area (TPSA) is 66.8 Å². The Morgan fingerprint density at radius 1 is 1.04 bits per heavy atom. The van der Waals surface area contributed by atoms with E-state index in [1.54, 1.807) is 26.1 Å². The molecule has 0 aliphatic heterocycles. The smallest absolute Gasteiger partial charge is 0.342 e. The predicted octanol–water partition coefficient (Wildman–Crippen LogP) is 2.82. The van der Waals surface area contributed by atoms with E-state index in [0.29, 0.717) is 12.1 Å². The van der Waals surface area contributed by atoms with Crippen molar-refractivity contribution in [2.75, 3.05) is 13.7 Å². The van der Waals surface area contributed by atoms with Gasteiger partial charge in [-0.3, -0.25) is 4.79 Å². The molecule has 0 spiro atoms. The molecule has 5 nitrogen and oxygen atoms in total. The average Bonchev–Trinajstić information content (AvgIpc) is 2.56. The minimum absolute atomic E-state index is 0.0596. The molecular weight excluding hydrogens is 306 g/mol. The van der Waals surface area contributed by atoms with E-state index in [9.17, 15) is 14.7 Å². The lowest BCUT2D eigenvalue weighted by Crippen LogP contribution is -2.31. The summed E-state index contributed by atoms with van der Waals surface area (Å²) < 4.78 is 5.02. The maximum atomic E-state index is 12.1. The van der Waals surface area contributed by atoms with E-state index in [1.807, 2.05) is 31.2 Å². The highest BCUT2D eigenvalue weighted by Gasteiger charge is 2.17. The van der Waals surface area contributed by atoms with Crippen LogP contribution in [0.2, 0.25) is 0 Å². The first kappa shape index (κ1) is 17.5. The number of esters is 1. The lowest BCUT2D eigenvalue weighted by Gasteiger charge is -2.18. The van der Waals surface area contributed by atoms with Crippen LogP contribution in [0, 0.1) is 13.8 Å². The number of carbonyl (C=O) groups excluding carboxylic acids is 2. The van der Waals surface area contributed by atoms with Gasteiger partial charge in [-0.25, -0.2) is 4.79 Å². The third kappa shape index (κ3) is 4.13. The highest BCUT2D eigenvalue weighted by Crippen LogP contribution is 2.22. The summed E-state index contributed by atoms with van der Waals surface area (Å²) in [5.41, 5.74) is 2.77. The number of benzene rings is 2. The van der Waals surface area contributed by atoms with Gasteiger partial charge in [0.05, 0.1) is 0 Å². The van der Waals surface area contributed by atoms with Crippen molar-refractivity contribution in [2.45, 2.75) is 20.4 Å². The van der Waals surface area contributed by atoms with Gasteiger partial charge in [-0.05, 0) is 36.6 Å². The van der Waals surface area contributed by atoms with Crippen LogP contribution in [0.1, 0.15) is 27.0 Å². The quantitative estimate of drug-likeness (QED) is 0.858. The van der Waals surface area contributed by atoms with E-state index in [0.717, 1.165) is 11.1 Å². The molecule has 0 aliphatic carbocycles. The van der Waals surface area contributed by atoms with Gasteiger partial charge in [-0.2, -0.15) is 0 Å². The molecular formula is C19H21NO4. The SMILES string of the molecule is Cc1ccccc1CN(C)C(=O)COC(=O)c1cccc(C)c1O. The number of hydrogen-bond donors (Lipinski definition) is 1. The maximum absolute atomic E-state index is 12.1. The van der Waals surface area contributed by atoms with Gasteiger partial charge in [0.1, 0.15) is 11.3 Å². The van der Waals surface area contributed by atoms with Crippen molar-refractivity contribution in [3.8, 4) is 5.75 Å². The van der Waals surface area contributed by atoms with Crippen LogP contribution in [-0.2, 0) is 16.1 Å². The molecule has 0 bridgehead atoms. The van der Waals surface area contributed by atoms with Crippen LogP contribution in [0.5, 0.6) is 5.75 Å². The molecule has 0 saturated carbocycles. The molecule has 2 aromatic rings. The van der Waals surface area contributed by atoms with Crippen LogP contribution in [0.4, 0.5) is 0 Å². The Hall–Kier alpha value is -2.82. The number of nitrogens with zero attached hydrogens (tertiary/aromatic N) is 1. The summed E-state index contributed by atoms with van der Waals surface area (Å²) in [6.07, 6.45) is 0. The average molecular weight is 327 g/mol. The molecule has 2 aromatic carbocycles. The van der Waals surface area contributed by atoms with Gasteiger partial charge in [0.25, 0.3) is 5.91 Å². The van der Waals surface area contributed by atoms with Crippen LogP contribution >= 0.6 is 0 Å². The van der Waals surface area contributed by atoms with Gasteiger partial charge in [-0.1, -0.05) is 36.4 Å². The first-order valence-corrected chi connectivity index (χ1v) is 7.64. The zero-order valence-electron chi connectivity index (χ0n) is 14.1. The molecule has 1 amide bonds. The number of aryl methyl sites for hydroxylation is 2. The predicted molar refractivity (Wildman–Crippen MR) is 90.8 cm³/mol. The summed E-state index contributed by atoms with van der Waals surface area (Å²) in [7, 11) is 1.66. The Balaban J connectivity index is 1.94. The van der Waals surface area contributed by atoms with Crippen molar-refractivity contribution in [1.82, 2.24) is 4.90 Å². The fourth-order valence-corrected chi connectivity index (χ4v) is 2.27. The third-order valence-corrected chi connectivity index (χ3v) is 3.88. The number of ether oxygens (including phenoxy) is 1. The minimum atomic E-state index is -0.714. The van der Waals surface area contributed by atoms with Gasteiger partial charge >= 0.3 is 5.97 Å². The van der Waals surface area contributed by atoms with E-state index in [2.05, 4.69) is 0 Å². The van der Waals surface area contributed by atoms with Gasteiger partial charge in [-0.15, -0.1) is 0 Å². The molecule has 126 valence electrons. The highest BCUT2D eigenvalue weighted by molar-refractivity contribution is 5.94. The van der Waals surface area contributed by atoms with Crippen LogP contribution in [-0.4, -0.2) is 35.5 Å². The Morgan fingerprint density at radius 2 is 1.71 bits per heavy atom. The van der Waals surface area contributed by atoms with Gasteiger partial charge in [0.15, 0.2) is 6.61 Å². The second-order valence-electron chi connectivity index (χ2n) is 5.72. The second kappa shape index (κ2) is 7.64. The lowest BCUT2D eigenvalue weighted by molar-refractivity contribution is -0.133. The zero-order valence-corrected chi connectivity index (χ0v) is 14.1. The van der Waals surface area contributed by atoms with Gasteiger partial charge < -0.3 is 14.7 Å². The standard InChI is InChI=1S/C19H21NO4/c1-13-7-4-5-9-15(13)11-20(3)17(21)12-24-19(23)16-10-6-8-14(2)18(16)22/h4-10,22H,11-12H2,1-3H3. The normalized spacial score (nSPS) is 10.3. The minimum Gasteiger partial charge on any atom is -0.507 e. The van der Waals surface area contributed by atoms with E-state index in [4.69, 9.17) is 4.74 Å². The number of amides is 1. The summed E-state index contributed by atoms with van der Waals surface area (Å²) >= 11 is 0. The number of para-hydroxylation sites is 1. The molecule has 0 aromatic heterocycles. The molecule has 0 radical (unpaired) electrons. The summed E-state index contributed by atoms with van der Waals surface area (Å²) in [5.74, 6) is -1.14. The molecule has 2 rings (SSSR count). The molecule has 0 unspecified atom stereocenters. The molecule has 0 heterocycles. The van der Waals surface area contributed by atoms with E-state index in [-0.39, 0.29) is 23.8 Å². The number of phenols is 1. The first-order chi connectivity index (χ1) is 11.4. The summed E-state index contributed by atoms with van der Waals surface area (Å²) in [5, 5.41) is 9.87. The Kier molecular flexibility index (Phi) is 5.58. The van der Waals surface area contributed by atoms with E-state index in [1.165, 1.54) is 11.0 Å².